The lowest BCUT2D eigenvalue weighted by molar-refractivity contribution is -0.167. The molecule has 0 spiro atoms. The summed E-state index contributed by atoms with van der Waals surface area (Å²) in [5.74, 6) is -1.65. The zero-order valence-corrected chi connectivity index (χ0v) is 17.2. The normalized spacial score (nSPS) is 13.1. The van der Waals surface area contributed by atoms with E-state index in [-0.39, 0.29) is 17.9 Å². The first kappa shape index (κ1) is 26.4. The minimum atomic E-state index is -1.68. The number of aliphatic hydroxyl groups excluding tert-OH is 4. The van der Waals surface area contributed by atoms with Crippen LogP contribution in [0.15, 0.2) is 11.5 Å². The SMILES string of the molecule is CCCCCCCC/C(O)=C(/O)CCCCCCCC(=O)OC(=O)C(O)CO. The molecular formula is C21H38O7. The highest BCUT2D eigenvalue weighted by Crippen LogP contribution is 2.16. The van der Waals surface area contributed by atoms with Crippen LogP contribution in [0.4, 0.5) is 0 Å². The molecule has 0 aromatic carbocycles. The number of esters is 2. The molecule has 1 unspecified atom stereocenters. The molecule has 0 saturated heterocycles. The minimum Gasteiger partial charge on any atom is -0.509 e. The fraction of sp³-hybridized carbons (Fsp3) is 0.810. The van der Waals surface area contributed by atoms with Gasteiger partial charge < -0.3 is 25.2 Å². The zero-order chi connectivity index (χ0) is 21.2. The van der Waals surface area contributed by atoms with Gasteiger partial charge in [-0.15, -0.1) is 0 Å². The van der Waals surface area contributed by atoms with Crippen LogP contribution in [0.5, 0.6) is 0 Å². The molecule has 0 fully saturated rings. The van der Waals surface area contributed by atoms with E-state index in [9.17, 15) is 19.8 Å². The number of carbonyl (C=O) groups excluding carboxylic acids is 2. The Kier molecular flexibility index (Phi) is 16.5. The smallest absolute Gasteiger partial charge is 0.345 e. The zero-order valence-electron chi connectivity index (χ0n) is 17.2. The van der Waals surface area contributed by atoms with Crippen LogP contribution < -0.4 is 0 Å². The Bertz CT molecular complexity index is 460. The first-order valence-corrected chi connectivity index (χ1v) is 10.6. The number of carbonyl (C=O) groups is 2. The molecule has 0 aliphatic carbocycles. The van der Waals surface area contributed by atoms with Crippen LogP contribution >= 0.6 is 0 Å². The summed E-state index contributed by atoms with van der Waals surface area (Å²) in [7, 11) is 0. The maximum atomic E-state index is 11.4. The van der Waals surface area contributed by atoms with Crippen molar-refractivity contribution >= 4 is 11.9 Å². The van der Waals surface area contributed by atoms with Crippen molar-refractivity contribution in [3.8, 4) is 0 Å². The fourth-order valence-corrected chi connectivity index (χ4v) is 2.76. The molecule has 0 aromatic heterocycles. The summed E-state index contributed by atoms with van der Waals surface area (Å²) < 4.78 is 4.39. The molecule has 0 aliphatic heterocycles. The molecule has 0 saturated carbocycles. The number of hydrogen-bond donors (Lipinski definition) is 4. The number of unbranched alkanes of at least 4 members (excludes halogenated alkanes) is 9. The molecule has 0 heterocycles. The molecular weight excluding hydrogens is 364 g/mol. The lowest BCUT2D eigenvalue weighted by Crippen LogP contribution is -2.28. The standard InChI is InChI=1S/C21H38O7/c1-2-3-4-5-7-10-13-17(23)18(24)14-11-8-6-9-12-15-20(26)28-21(27)19(25)16-22/h19,22-25H,2-16H2,1H3/b18-17-. The topological polar surface area (TPSA) is 124 Å². The largest absolute Gasteiger partial charge is 0.509 e. The predicted molar refractivity (Wildman–Crippen MR) is 107 cm³/mol. The third-order valence-corrected chi connectivity index (χ3v) is 4.55. The predicted octanol–water partition coefficient (Wildman–Crippen LogP) is 4.22. The van der Waals surface area contributed by atoms with Gasteiger partial charge in [-0.3, -0.25) is 4.79 Å². The van der Waals surface area contributed by atoms with Gasteiger partial charge in [0.2, 0.25) is 0 Å². The first-order chi connectivity index (χ1) is 13.4. The maximum absolute atomic E-state index is 11.4. The van der Waals surface area contributed by atoms with Crippen molar-refractivity contribution in [2.75, 3.05) is 6.61 Å². The third kappa shape index (κ3) is 14.5. The third-order valence-electron chi connectivity index (χ3n) is 4.55. The number of hydrogen-bond acceptors (Lipinski definition) is 7. The van der Waals surface area contributed by atoms with E-state index in [4.69, 9.17) is 10.2 Å². The van der Waals surface area contributed by atoms with Gasteiger partial charge >= 0.3 is 11.9 Å². The number of rotatable bonds is 17. The van der Waals surface area contributed by atoms with Crippen molar-refractivity contribution in [1.82, 2.24) is 0 Å². The highest BCUT2D eigenvalue weighted by molar-refractivity contribution is 5.87. The number of allylic oxidation sites excluding steroid dienone is 2. The van der Waals surface area contributed by atoms with E-state index in [2.05, 4.69) is 11.7 Å². The van der Waals surface area contributed by atoms with Crippen molar-refractivity contribution in [1.29, 1.82) is 0 Å². The summed E-state index contributed by atoms with van der Waals surface area (Å²) in [5, 5.41) is 37.3. The van der Waals surface area contributed by atoms with Crippen LogP contribution in [-0.4, -0.2) is 45.1 Å². The van der Waals surface area contributed by atoms with Gasteiger partial charge in [0.1, 0.15) is 11.5 Å². The molecule has 0 aromatic rings. The van der Waals surface area contributed by atoms with Gasteiger partial charge in [0.15, 0.2) is 6.10 Å². The van der Waals surface area contributed by atoms with E-state index >= 15 is 0 Å². The van der Waals surface area contributed by atoms with Gasteiger partial charge in [-0.2, -0.15) is 0 Å². The molecule has 4 N–H and O–H groups in total. The lowest BCUT2D eigenvalue weighted by Gasteiger charge is -2.07. The van der Waals surface area contributed by atoms with Crippen LogP contribution in [0.3, 0.4) is 0 Å². The fourth-order valence-electron chi connectivity index (χ4n) is 2.76. The van der Waals surface area contributed by atoms with E-state index in [1.807, 2.05) is 0 Å². The molecule has 28 heavy (non-hydrogen) atoms. The Morgan fingerprint density at radius 3 is 1.64 bits per heavy atom. The van der Waals surface area contributed by atoms with E-state index in [1.165, 1.54) is 25.7 Å². The summed E-state index contributed by atoms with van der Waals surface area (Å²) in [6.45, 7) is 1.40. The van der Waals surface area contributed by atoms with Gasteiger partial charge in [0.05, 0.1) is 6.61 Å². The van der Waals surface area contributed by atoms with E-state index in [0.717, 1.165) is 38.5 Å². The summed E-state index contributed by atoms with van der Waals surface area (Å²) >= 11 is 0. The van der Waals surface area contributed by atoms with E-state index in [0.29, 0.717) is 19.3 Å². The molecule has 0 aliphatic rings. The summed E-state index contributed by atoms with van der Waals surface area (Å²) in [5.41, 5.74) is 0. The molecule has 0 rings (SSSR count). The van der Waals surface area contributed by atoms with Gasteiger partial charge in [-0.25, -0.2) is 4.79 Å². The van der Waals surface area contributed by atoms with Crippen molar-refractivity contribution in [3.05, 3.63) is 11.5 Å². The molecule has 0 bridgehead atoms. The van der Waals surface area contributed by atoms with Crippen LogP contribution in [0.25, 0.3) is 0 Å². The maximum Gasteiger partial charge on any atom is 0.345 e. The average Bonchev–Trinajstić information content (AvgIpc) is 2.68. The quantitative estimate of drug-likeness (QED) is 0.124. The Balaban J connectivity index is 3.67. The molecule has 164 valence electrons. The molecule has 0 amide bonds. The second kappa shape index (κ2) is 17.5. The van der Waals surface area contributed by atoms with Crippen molar-refractivity contribution in [2.45, 2.75) is 103 Å². The van der Waals surface area contributed by atoms with Crippen LogP contribution in [0.1, 0.15) is 96.8 Å². The number of aliphatic hydroxyl groups is 4. The van der Waals surface area contributed by atoms with Crippen LogP contribution in [0.2, 0.25) is 0 Å². The van der Waals surface area contributed by atoms with E-state index in [1.54, 1.807) is 0 Å². The van der Waals surface area contributed by atoms with Gasteiger partial charge in [-0.1, -0.05) is 58.3 Å². The highest BCUT2D eigenvalue weighted by Gasteiger charge is 2.18. The summed E-state index contributed by atoms with van der Waals surface area (Å²) in [6.07, 6.45) is 10.1. The van der Waals surface area contributed by atoms with Crippen molar-refractivity contribution < 1.29 is 34.8 Å². The molecule has 0 radical (unpaired) electrons. The van der Waals surface area contributed by atoms with Gasteiger partial charge in [0, 0.05) is 19.3 Å². The van der Waals surface area contributed by atoms with Crippen molar-refractivity contribution in [2.24, 2.45) is 0 Å². The lowest BCUT2D eigenvalue weighted by atomic mass is 10.1. The van der Waals surface area contributed by atoms with E-state index < -0.39 is 24.6 Å². The molecule has 1 atom stereocenters. The van der Waals surface area contributed by atoms with Crippen molar-refractivity contribution in [3.63, 3.8) is 0 Å². The Morgan fingerprint density at radius 2 is 1.18 bits per heavy atom. The first-order valence-electron chi connectivity index (χ1n) is 10.6. The second-order valence-electron chi connectivity index (χ2n) is 7.17. The number of ether oxygens (including phenoxy) is 1. The van der Waals surface area contributed by atoms with Gasteiger partial charge in [-0.05, 0) is 19.3 Å². The monoisotopic (exact) mass is 402 g/mol. The highest BCUT2D eigenvalue weighted by atomic mass is 16.6. The Hall–Kier alpha value is -1.60. The summed E-state index contributed by atoms with van der Waals surface area (Å²) in [4.78, 5) is 22.5. The van der Waals surface area contributed by atoms with Crippen LogP contribution in [0, 0.1) is 0 Å². The second-order valence-corrected chi connectivity index (χ2v) is 7.17. The molecule has 7 nitrogen and oxygen atoms in total. The minimum absolute atomic E-state index is 0.0775. The van der Waals surface area contributed by atoms with Gasteiger partial charge in [0.25, 0.3) is 0 Å². The molecule has 7 heteroatoms. The summed E-state index contributed by atoms with van der Waals surface area (Å²) in [6, 6.07) is 0. The Labute approximate surface area is 168 Å². The average molecular weight is 403 g/mol. The Morgan fingerprint density at radius 1 is 0.750 bits per heavy atom. The van der Waals surface area contributed by atoms with Crippen LogP contribution in [-0.2, 0) is 14.3 Å².